The van der Waals surface area contributed by atoms with Gasteiger partial charge in [0.25, 0.3) is 0 Å². The predicted molar refractivity (Wildman–Crippen MR) is 66.8 cm³/mol. The standard InChI is InChI=1S/C13H21N3/c1-2-3-9-14-13-10-12(15-16-13)11-7-5-4-6-8-11/h4-8,12-16H,2-3,9-10H2,1H3. The lowest BCUT2D eigenvalue weighted by atomic mass is 10.0. The molecule has 1 aliphatic heterocycles. The van der Waals surface area contributed by atoms with E-state index in [-0.39, 0.29) is 0 Å². The molecule has 0 aromatic heterocycles. The molecule has 0 bridgehead atoms. The largest absolute Gasteiger partial charge is 0.301 e. The maximum atomic E-state index is 3.51. The number of hydrazine groups is 1. The first-order valence-corrected chi connectivity index (χ1v) is 6.19. The highest BCUT2D eigenvalue weighted by Gasteiger charge is 2.23. The van der Waals surface area contributed by atoms with Crippen LogP contribution < -0.4 is 16.2 Å². The van der Waals surface area contributed by atoms with Gasteiger partial charge in [-0.3, -0.25) is 0 Å². The van der Waals surface area contributed by atoms with Crippen LogP contribution >= 0.6 is 0 Å². The smallest absolute Gasteiger partial charge is 0.0723 e. The van der Waals surface area contributed by atoms with Crippen molar-refractivity contribution in [2.75, 3.05) is 6.54 Å². The normalized spacial score (nSPS) is 24.8. The third kappa shape index (κ3) is 3.04. The molecule has 1 saturated heterocycles. The molecule has 16 heavy (non-hydrogen) atoms. The highest BCUT2D eigenvalue weighted by Crippen LogP contribution is 2.20. The summed E-state index contributed by atoms with van der Waals surface area (Å²) in [7, 11) is 0. The van der Waals surface area contributed by atoms with Gasteiger partial charge in [0.1, 0.15) is 0 Å². The summed E-state index contributed by atoms with van der Waals surface area (Å²) >= 11 is 0. The van der Waals surface area contributed by atoms with Crippen molar-refractivity contribution in [2.45, 2.75) is 38.4 Å². The van der Waals surface area contributed by atoms with Gasteiger partial charge in [0, 0.05) is 6.04 Å². The SMILES string of the molecule is CCCCNC1CC(c2ccccc2)NN1. The Labute approximate surface area is 97.6 Å². The van der Waals surface area contributed by atoms with Crippen LogP contribution in [0.5, 0.6) is 0 Å². The summed E-state index contributed by atoms with van der Waals surface area (Å²) in [5, 5.41) is 3.51. The summed E-state index contributed by atoms with van der Waals surface area (Å²) in [4.78, 5) is 0. The average Bonchev–Trinajstić information content (AvgIpc) is 2.79. The van der Waals surface area contributed by atoms with E-state index in [1.807, 2.05) is 0 Å². The van der Waals surface area contributed by atoms with Gasteiger partial charge in [-0.15, -0.1) is 0 Å². The Morgan fingerprint density at radius 1 is 1.25 bits per heavy atom. The lowest BCUT2D eigenvalue weighted by Gasteiger charge is -2.11. The zero-order valence-corrected chi connectivity index (χ0v) is 9.87. The van der Waals surface area contributed by atoms with Crippen molar-refractivity contribution in [3.8, 4) is 0 Å². The minimum Gasteiger partial charge on any atom is -0.301 e. The zero-order valence-electron chi connectivity index (χ0n) is 9.87. The second-order valence-electron chi connectivity index (χ2n) is 4.35. The second-order valence-corrected chi connectivity index (χ2v) is 4.35. The molecule has 0 spiro atoms. The molecule has 1 heterocycles. The Morgan fingerprint density at radius 2 is 2.06 bits per heavy atom. The van der Waals surface area contributed by atoms with Crippen LogP contribution in [0.15, 0.2) is 30.3 Å². The fourth-order valence-electron chi connectivity index (χ4n) is 2.05. The lowest BCUT2D eigenvalue weighted by molar-refractivity contribution is 0.452. The van der Waals surface area contributed by atoms with Gasteiger partial charge < -0.3 is 5.32 Å². The monoisotopic (exact) mass is 219 g/mol. The predicted octanol–water partition coefficient (Wildman–Crippen LogP) is 1.94. The van der Waals surface area contributed by atoms with Crippen LogP contribution in [0.25, 0.3) is 0 Å². The molecule has 0 radical (unpaired) electrons. The first-order valence-electron chi connectivity index (χ1n) is 6.19. The van der Waals surface area contributed by atoms with E-state index in [0.717, 1.165) is 13.0 Å². The van der Waals surface area contributed by atoms with Crippen LogP contribution in [0.3, 0.4) is 0 Å². The van der Waals surface area contributed by atoms with Crippen LogP contribution in [0.4, 0.5) is 0 Å². The third-order valence-corrected chi connectivity index (χ3v) is 3.03. The van der Waals surface area contributed by atoms with E-state index in [2.05, 4.69) is 53.4 Å². The highest BCUT2D eigenvalue weighted by atomic mass is 15.5. The van der Waals surface area contributed by atoms with Gasteiger partial charge in [0.05, 0.1) is 6.17 Å². The molecule has 2 rings (SSSR count). The van der Waals surface area contributed by atoms with E-state index < -0.39 is 0 Å². The topological polar surface area (TPSA) is 36.1 Å². The van der Waals surface area contributed by atoms with Crippen molar-refractivity contribution in [2.24, 2.45) is 0 Å². The van der Waals surface area contributed by atoms with Crippen LogP contribution in [0.2, 0.25) is 0 Å². The van der Waals surface area contributed by atoms with E-state index in [1.165, 1.54) is 18.4 Å². The van der Waals surface area contributed by atoms with Crippen LogP contribution in [-0.4, -0.2) is 12.7 Å². The Bertz CT molecular complexity index is 299. The quantitative estimate of drug-likeness (QED) is 0.662. The highest BCUT2D eigenvalue weighted by molar-refractivity contribution is 5.19. The summed E-state index contributed by atoms with van der Waals surface area (Å²) in [6, 6.07) is 11.0. The minimum absolute atomic E-state index is 0.400. The fourth-order valence-corrected chi connectivity index (χ4v) is 2.05. The molecule has 0 aliphatic carbocycles. The molecule has 1 aromatic rings. The van der Waals surface area contributed by atoms with Crippen molar-refractivity contribution >= 4 is 0 Å². The summed E-state index contributed by atoms with van der Waals surface area (Å²) in [5.74, 6) is 0. The molecular formula is C13H21N3. The van der Waals surface area contributed by atoms with Gasteiger partial charge in [0.15, 0.2) is 0 Å². The van der Waals surface area contributed by atoms with Crippen molar-refractivity contribution in [1.82, 2.24) is 16.2 Å². The molecule has 0 saturated carbocycles. The zero-order chi connectivity index (χ0) is 11.2. The third-order valence-electron chi connectivity index (χ3n) is 3.03. The van der Waals surface area contributed by atoms with Gasteiger partial charge in [-0.1, -0.05) is 43.7 Å². The molecule has 0 amide bonds. The van der Waals surface area contributed by atoms with Crippen LogP contribution in [-0.2, 0) is 0 Å². The van der Waals surface area contributed by atoms with E-state index >= 15 is 0 Å². The maximum Gasteiger partial charge on any atom is 0.0723 e. The molecule has 3 nitrogen and oxygen atoms in total. The Kier molecular flexibility index (Phi) is 4.34. The molecule has 1 aliphatic rings. The van der Waals surface area contributed by atoms with Gasteiger partial charge in [-0.2, -0.15) is 0 Å². The second kappa shape index (κ2) is 5.99. The summed E-state index contributed by atoms with van der Waals surface area (Å²) in [6.45, 7) is 3.31. The van der Waals surface area contributed by atoms with E-state index in [4.69, 9.17) is 0 Å². The molecule has 2 atom stereocenters. The van der Waals surface area contributed by atoms with Gasteiger partial charge in [0.2, 0.25) is 0 Å². The number of rotatable bonds is 5. The van der Waals surface area contributed by atoms with Gasteiger partial charge >= 0.3 is 0 Å². The number of hydrogen-bond donors (Lipinski definition) is 3. The van der Waals surface area contributed by atoms with Crippen molar-refractivity contribution in [3.05, 3.63) is 35.9 Å². The Hall–Kier alpha value is -0.900. The molecule has 3 N–H and O–H groups in total. The van der Waals surface area contributed by atoms with Crippen LogP contribution in [0, 0.1) is 0 Å². The van der Waals surface area contributed by atoms with E-state index in [0.29, 0.717) is 12.2 Å². The number of benzene rings is 1. The molecule has 3 heteroatoms. The van der Waals surface area contributed by atoms with E-state index in [9.17, 15) is 0 Å². The molecule has 1 aromatic carbocycles. The number of nitrogens with one attached hydrogen (secondary N) is 3. The molecule has 2 unspecified atom stereocenters. The molecule has 88 valence electrons. The van der Waals surface area contributed by atoms with Gasteiger partial charge in [-0.05, 0) is 24.9 Å². The molecular weight excluding hydrogens is 198 g/mol. The maximum absolute atomic E-state index is 3.51. The first-order chi connectivity index (χ1) is 7.90. The first kappa shape index (κ1) is 11.6. The lowest BCUT2D eigenvalue weighted by Crippen LogP contribution is -2.41. The fraction of sp³-hybridized carbons (Fsp3) is 0.538. The van der Waals surface area contributed by atoms with Crippen molar-refractivity contribution < 1.29 is 0 Å². The Morgan fingerprint density at radius 3 is 2.81 bits per heavy atom. The summed E-state index contributed by atoms with van der Waals surface area (Å²) in [6.07, 6.45) is 3.99. The van der Waals surface area contributed by atoms with Crippen molar-refractivity contribution in [3.63, 3.8) is 0 Å². The van der Waals surface area contributed by atoms with Crippen molar-refractivity contribution in [1.29, 1.82) is 0 Å². The molecule has 1 fully saturated rings. The van der Waals surface area contributed by atoms with Gasteiger partial charge in [-0.25, -0.2) is 10.9 Å². The summed E-state index contributed by atoms with van der Waals surface area (Å²) < 4.78 is 0. The van der Waals surface area contributed by atoms with Crippen LogP contribution in [0.1, 0.15) is 37.8 Å². The number of hydrogen-bond acceptors (Lipinski definition) is 3. The summed E-state index contributed by atoms with van der Waals surface area (Å²) in [5.41, 5.74) is 8.00. The minimum atomic E-state index is 0.400. The number of unbranched alkanes of at least 4 members (excludes halogenated alkanes) is 1. The van der Waals surface area contributed by atoms with E-state index in [1.54, 1.807) is 0 Å². The average molecular weight is 219 g/mol. The Balaban J connectivity index is 1.79.